The molecule has 3 N–H and O–H groups in total. The van der Waals surface area contributed by atoms with E-state index in [1.807, 2.05) is 24.3 Å². The Labute approximate surface area is 180 Å². The molecule has 3 rings (SSSR count). The molecule has 0 unspecified atom stereocenters. The molecule has 1 aliphatic heterocycles. The standard InChI is InChI=1S/C22H29N3O.2ClH/c1-17-9-11-25(12-10-17)16-20-4-2-3-19(13-20)15-24-22(26)14-18-5-7-21(23)8-6-18;;/h2-8,13,17H,9-12,14-16,23H2,1H3,(H,24,26);2*1H. The van der Waals surface area contributed by atoms with Crippen LogP contribution >= 0.6 is 24.8 Å². The van der Waals surface area contributed by atoms with Gasteiger partial charge < -0.3 is 11.1 Å². The number of benzene rings is 2. The number of anilines is 1. The van der Waals surface area contributed by atoms with E-state index < -0.39 is 0 Å². The van der Waals surface area contributed by atoms with Crippen molar-refractivity contribution in [3.05, 3.63) is 65.2 Å². The number of carbonyl (C=O) groups excluding carboxylic acids is 1. The average Bonchev–Trinajstić information content (AvgIpc) is 2.64. The predicted octanol–water partition coefficient (Wildman–Crippen LogP) is 4.20. The van der Waals surface area contributed by atoms with Crippen LogP contribution in [0.2, 0.25) is 0 Å². The lowest BCUT2D eigenvalue weighted by Gasteiger charge is -2.30. The molecule has 1 fully saturated rings. The number of likely N-dealkylation sites (tertiary alicyclic amines) is 1. The van der Waals surface area contributed by atoms with Crippen molar-refractivity contribution >= 4 is 36.4 Å². The van der Waals surface area contributed by atoms with Crippen molar-refractivity contribution in [2.75, 3.05) is 18.8 Å². The minimum absolute atomic E-state index is 0. The van der Waals surface area contributed by atoms with E-state index in [1.54, 1.807) is 0 Å². The van der Waals surface area contributed by atoms with Gasteiger partial charge in [0.05, 0.1) is 6.42 Å². The molecule has 0 bridgehead atoms. The number of hydrogen-bond donors (Lipinski definition) is 2. The topological polar surface area (TPSA) is 58.4 Å². The van der Waals surface area contributed by atoms with Gasteiger partial charge in [-0.15, -0.1) is 24.8 Å². The summed E-state index contributed by atoms with van der Waals surface area (Å²) in [5.74, 6) is 0.888. The Morgan fingerprint density at radius 1 is 1.04 bits per heavy atom. The largest absolute Gasteiger partial charge is 0.399 e. The van der Waals surface area contributed by atoms with E-state index in [-0.39, 0.29) is 30.7 Å². The number of nitrogens with two attached hydrogens (primary N) is 1. The predicted molar refractivity (Wildman–Crippen MR) is 121 cm³/mol. The van der Waals surface area contributed by atoms with Crippen LogP contribution in [0.1, 0.15) is 36.5 Å². The van der Waals surface area contributed by atoms with Crippen LogP contribution in [0.25, 0.3) is 0 Å². The van der Waals surface area contributed by atoms with Crippen molar-refractivity contribution < 1.29 is 4.79 Å². The highest BCUT2D eigenvalue weighted by molar-refractivity contribution is 5.85. The molecule has 0 aromatic heterocycles. The Morgan fingerprint density at radius 3 is 2.36 bits per heavy atom. The molecular formula is C22H31Cl2N3O. The smallest absolute Gasteiger partial charge is 0.224 e. The van der Waals surface area contributed by atoms with Crippen molar-refractivity contribution in [2.24, 2.45) is 5.92 Å². The van der Waals surface area contributed by atoms with Gasteiger partial charge >= 0.3 is 0 Å². The fraction of sp³-hybridized carbons (Fsp3) is 0.409. The minimum atomic E-state index is 0. The van der Waals surface area contributed by atoms with Crippen molar-refractivity contribution in [1.82, 2.24) is 10.2 Å². The second-order valence-corrected chi connectivity index (χ2v) is 7.47. The molecule has 1 aliphatic rings. The summed E-state index contributed by atoms with van der Waals surface area (Å²) >= 11 is 0. The van der Waals surface area contributed by atoms with Gasteiger partial charge in [-0.1, -0.05) is 43.3 Å². The maximum absolute atomic E-state index is 12.2. The third-order valence-electron chi connectivity index (χ3n) is 5.11. The maximum atomic E-state index is 12.2. The zero-order chi connectivity index (χ0) is 18.4. The fourth-order valence-corrected chi connectivity index (χ4v) is 3.40. The first kappa shape index (κ1) is 24.3. The first-order valence-electron chi connectivity index (χ1n) is 9.50. The maximum Gasteiger partial charge on any atom is 0.224 e. The van der Waals surface area contributed by atoms with Crippen LogP contribution in [0.15, 0.2) is 48.5 Å². The van der Waals surface area contributed by atoms with Crippen molar-refractivity contribution in [2.45, 2.75) is 39.3 Å². The third kappa shape index (κ3) is 7.70. The number of nitrogens with zero attached hydrogens (tertiary/aromatic N) is 1. The van der Waals surface area contributed by atoms with Crippen molar-refractivity contribution in [3.63, 3.8) is 0 Å². The van der Waals surface area contributed by atoms with Gasteiger partial charge in [-0.25, -0.2) is 0 Å². The average molecular weight is 424 g/mol. The summed E-state index contributed by atoms with van der Waals surface area (Å²) in [6.07, 6.45) is 2.97. The van der Waals surface area contributed by atoms with Crippen LogP contribution < -0.4 is 11.1 Å². The lowest BCUT2D eigenvalue weighted by Crippen LogP contribution is -2.32. The summed E-state index contributed by atoms with van der Waals surface area (Å²) in [5.41, 5.74) is 9.84. The van der Waals surface area contributed by atoms with Crippen molar-refractivity contribution in [3.8, 4) is 0 Å². The van der Waals surface area contributed by atoms with Crippen LogP contribution in [0, 0.1) is 5.92 Å². The Hall–Kier alpha value is -1.75. The quantitative estimate of drug-likeness (QED) is 0.684. The third-order valence-corrected chi connectivity index (χ3v) is 5.11. The minimum Gasteiger partial charge on any atom is -0.399 e. The van der Waals surface area contributed by atoms with Crippen LogP contribution in [-0.4, -0.2) is 23.9 Å². The van der Waals surface area contributed by atoms with Gasteiger partial charge in [0.25, 0.3) is 0 Å². The number of nitrogens with one attached hydrogen (secondary N) is 1. The molecule has 1 heterocycles. The highest BCUT2D eigenvalue weighted by Gasteiger charge is 2.15. The second-order valence-electron chi connectivity index (χ2n) is 7.47. The van der Waals surface area contributed by atoms with E-state index in [2.05, 4.69) is 41.4 Å². The first-order valence-corrected chi connectivity index (χ1v) is 9.50. The Balaban J connectivity index is 0.00000196. The van der Waals surface area contributed by atoms with E-state index in [4.69, 9.17) is 5.73 Å². The van der Waals surface area contributed by atoms with Gasteiger partial charge in [0, 0.05) is 18.8 Å². The summed E-state index contributed by atoms with van der Waals surface area (Å²) in [4.78, 5) is 14.7. The molecular weight excluding hydrogens is 393 g/mol. The number of amides is 1. The number of halogens is 2. The van der Waals surface area contributed by atoms with Gasteiger partial charge in [0.1, 0.15) is 0 Å². The van der Waals surface area contributed by atoms with Crippen LogP contribution in [0.4, 0.5) is 5.69 Å². The number of nitrogen functional groups attached to an aromatic ring is 1. The van der Waals surface area contributed by atoms with Gasteiger partial charge in [-0.05, 0) is 60.7 Å². The molecule has 1 saturated heterocycles. The number of hydrogen-bond acceptors (Lipinski definition) is 3. The van der Waals surface area contributed by atoms with Gasteiger partial charge in [0.2, 0.25) is 5.91 Å². The Bertz CT molecular complexity index is 729. The van der Waals surface area contributed by atoms with Gasteiger partial charge in [-0.3, -0.25) is 9.69 Å². The lowest BCUT2D eigenvalue weighted by molar-refractivity contribution is -0.120. The molecule has 0 aliphatic carbocycles. The summed E-state index contributed by atoms with van der Waals surface area (Å²) in [6.45, 7) is 6.27. The van der Waals surface area contributed by atoms with E-state index >= 15 is 0 Å². The molecule has 4 nitrogen and oxygen atoms in total. The van der Waals surface area contributed by atoms with Crippen LogP contribution in [0.3, 0.4) is 0 Å². The van der Waals surface area contributed by atoms with E-state index in [0.29, 0.717) is 18.7 Å². The van der Waals surface area contributed by atoms with E-state index in [1.165, 1.54) is 31.5 Å². The zero-order valence-corrected chi connectivity index (χ0v) is 18.0. The Morgan fingerprint density at radius 2 is 1.68 bits per heavy atom. The van der Waals surface area contributed by atoms with E-state index in [9.17, 15) is 4.79 Å². The molecule has 0 atom stereocenters. The SMILES string of the molecule is CC1CCN(Cc2cccc(CNC(=O)Cc3ccc(N)cc3)c2)CC1.Cl.Cl. The summed E-state index contributed by atoms with van der Waals surface area (Å²) < 4.78 is 0. The molecule has 1 amide bonds. The summed E-state index contributed by atoms with van der Waals surface area (Å²) in [6, 6.07) is 16.0. The fourth-order valence-electron chi connectivity index (χ4n) is 3.40. The van der Waals surface area contributed by atoms with Gasteiger partial charge in [0.15, 0.2) is 0 Å². The highest BCUT2D eigenvalue weighted by atomic mass is 35.5. The van der Waals surface area contributed by atoms with Crippen LogP contribution in [-0.2, 0) is 24.3 Å². The molecule has 6 heteroatoms. The number of rotatable bonds is 6. The number of piperidine rings is 1. The van der Waals surface area contributed by atoms with Gasteiger partial charge in [-0.2, -0.15) is 0 Å². The van der Waals surface area contributed by atoms with E-state index in [0.717, 1.165) is 23.6 Å². The molecule has 0 radical (unpaired) electrons. The molecule has 154 valence electrons. The molecule has 28 heavy (non-hydrogen) atoms. The van der Waals surface area contributed by atoms with Crippen molar-refractivity contribution in [1.29, 1.82) is 0 Å². The van der Waals surface area contributed by atoms with Crippen LogP contribution in [0.5, 0.6) is 0 Å². The monoisotopic (exact) mass is 423 g/mol. The molecule has 2 aromatic rings. The molecule has 2 aromatic carbocycles. The summed E-state index contributed by atoms with van der Waals surface area (Å²) in [7, 11) is 0. The normalized spacial score (nSPS) is 14.6. The highest BCUT2D eigenvalue weighted by Crippen LogP contribution is 2.18. The zero-order valence-electron chi connectivity index (χ0n) is 16.4. The summed E-state index contributed by atoms with van der Waals surface area (Å²) in [5, 5.41) is 3.01. The first-order chi connectivity index (χ1) is 12.6. The second kappa shape index (κ2) is 11.9. The Kier molecular flexibility index (Phi) is 10.4. The molecule has 0 spiro atoms. The molecule has 0 saturated carbocycles. The number of carbonyl (C=O) groups is 1. The lowest BCUT2D eigenvalue weighted by atomic mass is 9.98.